The van der Waals surface area contributed by atoms with E-state index in [1.807, 2.05) is 12.1 Å². The molecule has 1 aromatic rings. The number of amides is 1. The maximum atomic E-state index is 11.8. The fourth-order valence-electron chi connectivity index (χ4n) is 2.45. The summed E-state index contributed by atoms with van der Waals surface area (Å²) in [5, 5.41) is 15.8. The van der Waals surface area contributed by atoms with E-state index in [1.54, 1.807) is 12.1 Å². The van der Waals surface area contributed by atoms with E-state index in [-0.39, 0.29) is 11.7 Å². The lowest BCUT2D eigenvalue weighted by atomic mass is 9.93. The van der Waals surface area contributed by atoms with Crippen LogP contribution in [0, 0.1) is 5.92 Å². The molecule has 4 heteroatoms. The topological polar surface area (TPSA) is 61.4 Å². The Bertz CT molecular complexity index is 414. The summed E-state index contributed by atoms with van der Waals surface area (Å²) in [7, 11) is 0. The second-order valence-electron chi connectivity index (χ2n) is 5.14. The van der Waals surface area contributed by atoms with Gasteiger partial charge < -0.3 is 15.7 Å². The molecule has 104 valence electrons. The van der Waals surface area contributed by atoms with Crippen molar-refractivity contribution in [2.45, 2.75) is 32.2 Å². The van der Waals surface area contributed by atoms with Gasteiger partial charge in [-0.05, 0) is 44.3 Å². The molecule has 2 rings (SSSR count). The van der Waals surface area contributed by atoms with Crippen LogP contribution in [0.5, 0.6) is 5.75 Å². The maximum absolute atomic E-state index is 11.8. The molecule has 1 aromatic carbocycles. The zero-order chi connectivity index (χ0) is 13.5. The van der Waals surface area contributed by atoms with E-state index in [2.05, 4.69) is 10.6 Å². The second-order valence-corrected chi connectivity index (χ2v) is 5.14. The highest BCUT2D eigenvalue weighted by Crippen LogP contribution is 2.18. The van der Waals surface area contributed by atoms with Crippen LogP contribution < -0.4 is 10.6 Å². The molecule has 0 spiro atoms. The third-order valence-electron chi connectivity index (χ3n) is 3.71. The first-order valence-electron chi connectivity index (χ1n) is 7.00. The summed E-state index contributed by atoms with van der Waals surface area (Å²) in [6.07, 6.45) is 3.89. The molecule has 4 nitrogen and oxygen atoms in total. The van der Waals surface area contributed by atoms with E-state index in [1.165, 1.54) is 12.8 Å². The summed E-state index contributed by atoms with van der Waals surface area (Å²) in [6, 6.07) is 7.09. The van der Waals surface area contributed by atoms with Gasteiger partial charge in [-0.1, -0.05) is 18.2 Å². The van der Waals surface area contributed by atoms with Crippen LogP contribution in [-0.4, -0.2) is 24.1 Å². The van der Waals surface area contributed by atoms with Crippen molar-refractivity contribution in [3.05, 3.63) is 29.8 Å². The number of para-hydroxylation sites is 1. The Balaban J connectivity index is 1.68. The Morgan fingerprint density at radius 1 is 1.32 bits per heavy atom. The van der Waals surface area contributed by atoms with Crippen molar-refractivity contribution in [1.82, 2.24) is 10.6 Å². The minimum atomic E-state index is 0.0711. The van der Waals surface area contributed by atoms with Gasteiger partial charge in [-0.3, -0.25) is 4.79 Å². The lowest BCUT2D eigenvalue weighted by Gasteiger charge is -2.22. The minimum absolute atomic E-state index is 0.0711. The Morgan fingerprint density at radius 2 is 2.05 bits per heavy atom. The highest BCUT2D eigenvalue weighted by atomic mass is 16.3. The van der Waals surface area contributed by atoms with Crippen molar-refractivity contribution in [2.75, 3.05) is 13.1 Å². The van der Waals surface area contributed by atoms with Gasteiger partial charge in [-0.25, -0.2) is 0 Å². The molecule has 1 fully saturated rings. The van der Waals surface area contributed by atoms with Crippen molar-refractivity contribution in [1.29, 1.82) is 0 Å². The normalized spacial score (nSPS) is 16.2. The standard InChI is InChI=1S/C15H22N2O2/c18-14-4-2-1-3-13(14)11-17-15(19)6-5-12-7-9-16-10-8-12/h1-4,12,16,18H,5-11H2,(H,17,19). The summed E-state index contributed by atoms with van der Waals surface area (Å²) in [5.74, 6) is 0.986. The van der Waals surface area contributed by atoms with Crippen LogP contribution in [0.4, 0.5) is 0 Å². The van der Waals surface area contributed by atoms with E-state index < -0.39 is 0 Å². The Morgan fingerprint density at radius 3 is 2.79 bits per heavy atom. The van der Waals surface area contributed by atoms with Gasteiger partial charge in [-0.15, -0.1) is 0 Å². The average Bonchev–Trinajstić information content (AvgIpc) is 2.45. The lowest BCUT2D eigenvalue weighted by molar-refractivity contribution is -0.121. The fourth-order valence-corrected chi connectivity index (χ4v) is 2.45. The molecule has 0 atom stereocenters. The molecular formula is C15H22N2O2. The number of nitrogens with one attached hydrogen (secondary N) is 2. The number of carbonyl (C=O) groups is 1. The van der Waals surface area contributed by atoms with Gasteiger partial charge in [-0.2, -0.15) is 0 Å². The SMILES string of the molecule is O=C(CCC1CCNCC1)NCc1ccccc1O. The molecule has 1 saturated heterocycles. The molecule has 0 radical (unpaired) electrons. The molecule has 1 amide bonds. The molecule has 0 saturated carbocycles. The highest BCUT2D eigenvalue weighted by molar-refractivity contribution is 5.75. The number of rotatable bonds is 5. The maximum Gasteiger partial charge on any atom is 0.220 e. The predicted molar refractivity (Wildman–Crippen MR) is 74.8 cm³/mol. The van der Waals surface area contributed by atoms with Crippen LogP contribution in [0.25, 0.3) is 0 Å². The van der Waals surface area contributed by atoms with Crippen LogP contribution in [-0.2, 0) is 11.3 Å². The minimum Gasteiger partial charge on any atom is -0.508 e. The van der Waals surface area contributed by atoms with E-state index in [0.29, 0.717) is 18.9 Å². The Labute approximate surface area is 114 Å². The van der Waals surface area contributed by atoms with Gasteiger partial charge in [0.1, 0.15) is 5.75 Å². The summed E-state index contributed by atoms with van der Waals surface area (Å²) in [4.78, 5) is 11.8. The molecule has 0 unspecified atom stereocenters. The summed E-state index contributed by atoms with van der Waals surface area (Å²) < 4.78 is 0. The molecule has 3 N–H and O–H groups in total. The predicted octanol–water partition coefficient (Wildman–Crippen LogP) is 1.79. The Kier molecular flexibility index (Phi) is 5.21. The number of phenols is 1. The van der Waals surface area contributed by atoms with Crippen LogP contribution >= 0.6 is 0 Å². The van der Waals surface area contributed by atoms with Gasteiger partial charge in [0.15, 0.2) is 0 Å². The average molecular weight is 262 g/mol. The van der Waals surface area contributed by atoms with Gasteiger partial charge in [0.2, 0.25) is 5.91 Å². The van der Waals surface area contributed by atoms with Crippen LogP contribution in [0.3, 0.4) is 0 Å². The van der Waals surface area contributed by atoms with Crippen molar-refractivity contribution in [3.8, 4) is 5.75 Å². The van der Waals surface area contributed by atoms with Crippen LogP contribution in [0.2, 0.25) is 0 Å². The lowest BCUT2D eigenvalue weighted by Crippen LogP contribution is -2.29. The zero-order valence-electron chi connectivity index (χ0n) is 11.2. The monoisotopic (exact) mass is 262 g/mol. The molecule has 0 bridgehead atoms. The number of piperidine rings is 1. The molecule has 1 aliphatic rings. The van der Waals surface area contributed by atoms with Gasteiger partial charge in [0.05, 0.1) is 0 Å². The van der Waals surface area contributed by atoms with E-state index >= 15 is 0 Å². The smallest absolute Gasteiger partial charge is 0.220 e. The quantitative estimate of drug-likeness (QED) is 0.758. The van der Waals surface area contributed by atoms with E-state index in [4.69, 9.17) is 0 Å². The molecule has 1 heterocycles. The number of aromatic hydroxyl groups is 1. The summed E-state index contributed by atoms with van der Waals surface area (Å²) in [6.45, 7) is 2.55. The number of carbonyl (C=O) groups excluding carboxylic acids is 1. The van der Waals surface area contributed by atoms with E-state index in [0.717, 1.165) is 25.1 Å². The van der Waals surface area contributed by atoms with Crippen LogP contribution in [0.15, 0.2) is 24.3 Å². The van der Waals surface area contributed by atoms with E-state index in [9.17, 15) is 9.90 Å². The number of hydrogen-bond donors (Lipinski definition) is 3. The van der Waals surface area contributed by atoms with Crippen molar-refractivity contribution in [2.24, 2.45) is 5.92 Å². The van der Waals surface area contributed by atoms with Crippen molar-refractivity contribution >= 4 is 5.91 Å². The highest BCUT2D eigenvalue weighted by Gasteiger charge is 2.14. The molecule has 0 aromatic heterocycles. The number of hydrogen-bond acceptors (Lipinski definition) is 3. The molecule has 19 heavy (non-hydrogen) atoms. The molecular weight excluding hydrogens is 240 g/mol. The third kappa shape index (κ3) is 4.56. The molecule has 0 aliphatic carbocycles. The van der Waals surface area contributed by atoms with Gasteiger partial charge >= 0.3 is 0 Å². The first-order valence-corrected chi connectivity index (χ1v) is 7.00. The third-order valence-corrected chi connectivity index (χ3v) is 3.71. The van der Waals surface area contributed by atoms with Crippen molar-refractivity contribution in [3.63, 3.8) is 0 Å². The summed E-state index contributed by atoms with van der Waals surface area (Å²) >= 11 is 0. The van der Waals surface area contributed by atoms with Gasteiger partial charge in [0.25, 0.3) is 0 Å². The summed E-state index contributed by atoms with van der Waals surface area (Å²) in [5.41, 5.74) is 0.762. The largest absolute Gasteiger partial charge is 0.508 e. The fraction of sp³-hybridized carbons (Fsp3) is 0.533. The number of phenolic OH excluding ortho intramolecular Hbond substituents is 1. The van der Waals surface area contributed by atoms with Gasteiger partial charge in [0, 0.05) is 18.5 Å². The zero-order valence-corrected chi connectivity index (χ0v) is 11.2. The second kappa shape index (κ2) is 7.14. The first-order chi connectivity index (χ1) is 9.25. The van der Waals surface area contributed by atoms with Crippen LogP contribution in [0.1, 0.15) is 31.2 Å². The first kappa shape index (κ1) is 13.9. The Hall–Kier alpha value is -1.55. The number of benzene rings is 1. The molecule has 1 aliphatic heterocycles. The van der Waals surface area contributed by atoms with Crippen molar-refractivity contribution < 1.29 is 9.90 Å².